The van der Waals surface area contributed by atoms with Gasteiger partial charge in [-0.1, -0.05) is 23.2 Å². The highest BCUT2D eigenvalue weighted by Gasteiger charge is 2.17. The first-order valence-corrected chi connectivity index (χ1v) is 9.61. The first-order chi connectivity index (χ1) is 14.9. The predicted octanol–water partition coefficient (Wildman–Crippen LogP) is 5.97. The fraction of sp³-hybridized carbons (Fsp3) is 0.0476. The van der Waals surface area contributed by atoms with Crippen LogP contribution in [0.1, 0.15) is 10.4 Å². The lowest BCUT2D eigenvalue weighted by Gasteiger charge is -2.05. The van der Waals surface area contributed by atoms with Crippen LogP contribution in [0.2, 0.25) is 10.0 Å². The van der Waals surface area contributed by atoms with Gasteiger partial charge in [0.15, 0.2) is 5.58 Å². The average Bonchev–Trinajstić information content (AvgIpc) is 3.17. The van der Waals surface area contributed by atoms with Crippen LogP contribution in [0.3, 0.4) is 0 Å². The number of carbonyl (C=O) groups excluding carboxylic acids is 1. The number of anilines is 1. The molecule has 0 aliphatic heterocycles. The van der Waals surface area contributed by atoms with Crippen molar-refractivity contribution in [3.05, 3.63) is 80.3 Å². The first-order valence-electron chi connectivity index (χ1n) is 8.85. The highest BCUT2D eigenvalue weighted by molar-refractivity contribution is 6.33. The van der Waals surface area contributed by atoms with Gasteiger partial charge in [0.2, 0.25) is 5.89 Å². The molecule has 4 rings (SSSR count). The van der Waals surface area contributed by atoms with E-state index in [0.29, 0.717) is 39.0 Å². The van der Waals surface area contributed by atoms with Crippen molar-refractivity contribution in [3.8, 4) is 17.2 Å². The molecule has 3 aromatic carbocycles. The number of nitro groups is 1. The lowest BCUT2D eigenvalue weighted by atomic mass is 10.2. The summed E-state index contributed by atoms with van der Waals surface area (Å²) >= 11 is 12.0. The van der Waals surface area contributed by atoms with Gasteiger partial charge in [-0.25, -0.2) is 4.98 Å². The van der Waals surface area contributed by atoms with Crippen molar-refractivity contribution in [3.63, 3.8) is 0 Å². The van der Waals surface area contributed by atoms with E-state index in [1.165, 1.54) is 19.2 Å². The number of hydrogen-bond acceptors (Lipinski definition) is 6. The molecule has 0 fully saturated rings. The van der Waals surface area contributed by atoms with Gasteiger partial charge in [0.25, 0.3) is 11.6 Å². The number of fused-ring (bicyclic) bond motifs is 1. The van der Waals surface area contributed by atoms with Gasteiger partial charge in [0.05, 0.1) is 17.1 Å². The summed E-state index contributed by atoms with van der Waals surface area (Å²) in [5, 5.41) is 14.1. The summed E-state index contributed by atoms with van der Waals surface area (Å²) in [5.41, 5.74) is 1.90. The number of oxazole rings is 1. The van der Waals surface area contributed by atoms with Gasteiger partial charge in [0.1, 0.15) is 16.3 Å². The number of halogens is 2. The third kappa shape index (κ3) is 4.16. The standard InChI is InChI=1S/C21H13Cl2N3O5/c1-30-18-6-3-12(8-15(18)23)21-25-16-10-13(4-7-19(16)31-21)24-20(27)11-2-5-14(22)17(9-11)26(28)29/h2-10H,1H3,(H,24,27). The van der Waals surface area contributed by atoms with Crippen LogP contribution in [-0.4, -0.2) is 22.9 Å². The van der Waals surface area contributed by atoms with Gasteiger partial charge in [-0.2, -0.15) is 0 Å². The second kappa shape index (κ2) is 8.25. The van der Waals surface area contributed by atoms with Crippen LogP contribution in [0.15, 0.2) is 59.0 Å². The fourth-order valence-electron chi connectivity index (χ4n) is 2.93. The molecule has 0 saturated heterocycles. The van der Waals surface area contributed by atoms with E-state index >= 15 is 0 Å². The molecule has 0 atom stereocenters. The van der Waals surface area contributed by atoms with Crippen molar-refractivity contribution in [2.75, 3.05) is 12.4 Å². The fourth-order valence-corrected chi connectivity index (χ4v) is 3.37. The Hall–Kier alpha value is -3.62. The zero-order chi connectivity index (χ0) is 22.1. The monoisotopic (exact) mass is 457 g/mol. The van der Waals surface area contributed by atoms with Crippen LogP contribution in [0.4, 0.5) is 11.4 Å². The minimum Gasteiger partial charge on any atom is -0.495 e. The number of hydrogen-bond donors (Lipinski definition) is 1. The Kier molecular flexibility index (Phi) is 5.50. The lowest BCUT2D eigenvalue weighted by molar-refractivity contribution is -0.384. The summed E-state index contributed by atoms with van der Waals surface area (Å²) in [4.78, 5) is 27.3. The summed E-state index contributed by atoms with van der Waals surface area (Å²) in [5.74, 6) is 0.370. The molecular weight excluding hydrogens is 445 g/mol. The summed E-state index contributed by atoms with van der Waals surface area (Å²) in [6, 6.07) is 13.9. The number of benzene rings is 3. The molecule has 156 valence electrons. The van der Waals surface area contributed by atoms with E-state index in [1.54, 1.807) is 36.4 Å². The van der Waals surface area contributed by atoms with Crippen LogP contribution < -0.4 is 10.1 Å². The minimum atomic E-state index is -0.645. The SMILES string of the molecule is COc1ccc(-c2nc3cc(NC(=O)c4ccc(Cl)c([N+](=O)[O-])c4)ccc3o2)cc1Cl. The number of nitrogens with zero attached hydrogens (tertiary/aromatic N) is 2. The third-order valence-corrected chi connectivity index (χ3v) is 5.06. The van der Waals surface area contributed by atoms with Gasteiger partial charge >= 0.3 is 0 Å². The molecule has 0 unspecified atom stereocenters. The maximum Gasteiger partial charge on any atom is 0.288 e. The average molecular weight is 458 g/mol. The molecular formula is C21H13Cl2N3O5. The Morgan fingerprint density at radius 1 is 1.10 bits per heavy atom. The quantitative estimate of drug-likeness (QED) is 0.292. The van der Waals surface area contributed by atoms with Gasteiger partial charge < -0.3 is 14.5 Å². The molecule has 0 radical (unpaired) electrons. The van der Waals surface area contributed by atoms with E-state index in [2.05, 4.69) is 10.3 Å². The topological polar surface area (TPSA) is 108 Å². The van der Waals surface area contributed by atoms with E-state index in [4.69, 9.17) is 32.4 Å². The Balaban J connectivity index is 1.60. The Bertz CT molecular complexity index is 1340. The normalized spacial score (nSPS) is 10.8. The van der Waals surface area contributed by atoms with Gasteiger partial charge in [0, 0.05) is 22.9 Å². The van der Waals surface area contributed by atoms with Gasteiger partial charge in [-0.05, 0) is 48.5 Å². The van der Waals surface area contributed by atoms with Gasteiger partial charge in [-0.15, -0.1) is 0 Å². The Morgan fingerprint density at radius 2 is 1.90 bits per heavy atom. The maximum atomic E-state index is 12.5. The second-order valence-corrected chi connectivity index (χ2v) is 7.24. The molecule has 1 amide bonds. The number of methoxy groups -OCH3 is 1. The molecule has 31 heavy (non-hydrogen) atoms. The van der Waals surface area contributed by atoms with E-state index in [-0.39, 0.29) is 16.3 Å². The van der Waals surface area contributed by atoms with E-state index < -0.39 is 10.8 Å². The van der Waals surface area contributed by atoms with Crippen LogP contribution >= 0.6 is 23.2 Å². The number of aromatic nitrogens is 1. The number of nitro benzene ring substituents is 1. The molecule has 4 aromatic rings. The van der Waals surface area contributed by atoms with Crippen LogP contribution in [-0.2, 0) is 0 Å². The summed E-state index contributed by atoms with van der Waals surface area (Å²) in [6.45, 7) is 0. The number of rotatable bonds is 5. The summed E-state index contributed by atoms with van der Waals surface area (Å²) < 4.78 is 10.9. The zero-order valence-corrected chi connectivity index (χ0v) is 17.4. The Labute approximate surface area is 185 Å². The lowest BCUT2D eigenvalue weighted by Crippen LogP contribution is -2.12. The zero-order valence-electron chi connectivity index (χ0n) is 15.9. The molecule has 8 nitrogen and oxygen atoms in total. The molecule has 1 heterocycles. The maximum absolute atomic E-state index is 12.5. The minimum absolute atomic E-state index is 0.0447. The smallest absolute Gasteiger partial charge is 0.288 e. The van der Waals surface area contributed by atoms with Crippen molar-refractivity contribution in [2.45, 2.75) is 0 Å². The van der Waals surface area contributed by atoms with E-state index in [9.17, 15) is 14.9 Å². The highest BCUT2D eigenvalue weighted by atomic mass is 35.5. The molecule has 0 bridgehead atoms. The summed E-state index contributed by atoms with van der Waals surface area (Å²) in [6.07, 6.45) is 0. The van der Waals surface area contributed by atoms with Crippen molar-refractivity contribution in [1.82, 2.24) is 4.98 Å². The van der Waals surface area contributed by atoms with Crippen LogP contribution in [0.25, 0.3) is 22.6 Å². The molecule has 0 aliphatic rings. The van der Waals surface area contributed by atoms with E-state index in [0.717, 1.165) is 6.07 Å². The predicted molar refractivity (Wildman–Crippen MR) is 117 cm³/mol. The third-order valence-electron chi connectivity index (χ3n) is 4.45. The first kappa shape index (κ1) is 20.6. The number of ether oxygens (including phenoxy) is 1. The highest BCUT2D eigenvalue weighted by Crippen LogP contribution is 2.32. The van der Waals surface area contributed by atoms with Crippen molar-refractivity contribution in [2.24, 2.45) is 0 Å². The molecule has 1 aromatic heterocycles. The van der Waals surface area contributed by atoms with E-state index in [1.807, 2.05) is 0 Å². The van der Waals surface area contributed by atoms with Crippen LogP contribution in [0.5, 0.6) is 5.75 Å². The summed E-state index contributed by atoms with van der Waals surface area (Å²) in [7, 11) is 1.53. The van der Waals surface area contributed by atoms with Crippen molar-refractivity contribution in [1.29, 1.82) is 0 Å². The van der Waals surface area contributed by atoms with Gasteiger partial charge in [-0.3, -0.25) is 14.9 Å². The van der Waals surface area contributed by atoms with Crippen molar-refractivity contribution < 1.29 is 18.9 Å². The van der Waals surface area contributed by atoms with Crippen molar-refractivity contribution >= 4 is 51.6 Å². The molecule has 0 spiro atoms. The number of nitrogens with one attached hydrogen (secondary N) is 1. The Morgan fingerprint density at radius 3 is 2.61 bits per heavy atom. The largest absolute Gasteiger partial charge is 0.495 e. The molecule has 0 aliphatic carbocycles. The molecule has 10 heteroatoms. The molecule has 0 saturated carbocycles. The number of carbonyl (C=O) groups is 1. The molecule has 1 N–H and O–H groups in total. The van der Waals surface area contributed by atoms with Crippen LogP contribution in [0, 0.1) is 10.1 Å². The number of amides is 1. The second-order valence-electron chi connectivity index (χ2n) is 6.43.